The van der Waals surface area contributed by atoms with Crippen LogP contribution in [0, 0.1) is 0 Å². The number of nitrogens with one attached hydrogen (secondary N) is 3. The second-order valence-corrected chi connectivity index (χ2v) is 7.56. The Hall–Kier alpha value is -2.24. The van der Waals surface area contributed by atoms with Crippen molar-refractivity contribution in [1.82, 2.24) is 15.5 Å². The fourth-order valence-corrected chi connectivity index (χ4v) is 3.37. The molecule has 1 heterocycles. The monoisotopic (exact) mass is 387 g/mol. The number of carbonyl (C=O) groups excluding carboxylic acids is 1. The molecule has 28 heavy (non-hydrogen) atoms. The molecule has 1 aliphatic rings. The fraction of sp³-hybridized carbons (Fsp3) is 0.636. The minimum absolute atomic E-state index is 0.00550. The van der Waals surface area contributed by atoms with E-state index in [4.69, 9.17) is 4.99 Å². The molecule has 2 rings (SSSR count). The maximum absolute atomic E-state index is 12.3. The minimum atomic E-state index is -0.00550. The molecule has 0 aliphatic carbocycles. The summed E-state index contributed by atoms with van der Waals surface area (Å²) < 4.78 is 0. The van der Waals surface area contributed by atoms with Gasteiger partial charge in [0.25, 0.3) is 0 Å². The van der Waals surface area contributed by atoms with Gasteiger partial charge in [0, 0.05) is 31.4 Å². The summed E-state index contributed by atoms with van der Waals surface area (Å²) in [6.45, 7) is 9.62. The zero-order valence-corrected chi connectivity index (χ0v) is 17.8. The Labute approximate surface area is 170 Å². The van der Waals surface area contributed by atoms with Crippen LogP contribution in [0.25, 0.3) is 0 Å². The van der Waals surface area contributed by atoms with E-state index in [0.717, 1.165) is 56.1 Å². The molecular formula is C22H37N5O. The minimum Gasteiger partial charge on any atom is -0.357 e. The summed E-state index contributed by atoms with van der Waals surface area (Å²) >= 11 is 0. The maximum Gasteiger partial charge on any atom is 0.321 e. The van der Waals surface area contributed by atoms with E-state index in [-0.39, 0.29) is 6.03 Å². The van der Waals surface area contributed by atoms with Gasteiger partial charge in [0.2, 0.25) is 0 Å². The number of likely N-dealkylation sites (tertiary alicyclic amines) is 1. The molecule has 0 saturated carbocycles. The predicted molar refractivity (Wildman–Crippen MR) is 118 cm³/mol. The molecular weight excluding hydrogens is 350 g/mol. The van der Waals surface area contributed by atoms with Crippen LogP contribution in [-0.2, 0) is 6.54 Å². The summed E-state index contributed by atoms with van der Waals surface area (Å²) in [4.78, 5) is 18.9. The van der Waals surface area contributed by atoms with Crippen LogP contribution >= 0.6 is 0 Å². The summed E-state index contributed by atoms with van der Waals surface area (Å²) in [6.07, 6.45) is 7.10. The fourth-order valence-electron chi connectivity index (χ4n) is 3.37. The van der Waals surface area contributed by atoms with Gasteiger partial charge in [0.05, 0.1) is 6.54 Å². The topological polar surface area (TPSA) is 68.8 Å². The van der Waals surface area contributed by atoms with E-state index in [2.05, 4.69) is 36.7 Å². The molecule has 0 radical (unpaired) electrons. The van der Waals surface area contributed by atoms with Gasteiger partial charge in [-0.3, -0.25) is 0 Å². The summed E-state index contributed by atoms with van der Waals surface area (Å²) in [6, 6.07) is 8.35. The van der Waals surface area contributed by atoms with Crippen LogP contribution in [0.5, 0.6) is 0 Å². The first-order chi connectivity index (χ1) is 13.6. The lowest BCUT2D eigenvalue weighted by Crippen LogP contribution is -2.42. The highest BCUT2D eigenvalue weighted by Crippen LogP contribution is 2.14. The van der Waals surface area contributed by atoms with E-state index >= 15 is 0 Å². The van der Waals surface area contributed by atoms with Crippen LogP contribution in [0.1, 0.15) is 64.9 Å². The van der Waals surface area contributed by atoms with Crippen LogP contribution in [-0.4, -0.2) is 42.6 Å². The van der Waals surface area contributed by atoms with Crippen molar-refractivity contribution in [2.75, 3.05) is 25.0 Å². The normalized spacial score (nSPS) is 15.4. The number of benzene rings is 1. The van der Waals surface area contributed by atoms with E-state index in [0.29, 0.717) is 12.6 Å². The Balaban J connectivity index is 1.91. The van der Waals surface area contributed by atoms with Gasteiger partial charge in [-0.2, -0.15) is 0 Å². The number of aliphatic imine (C=N–C) groups is 1. The van der Waals surface area contributed by atoms with Gasteiger partial charge in [0.1, 0.15) is 0 Å². The third-order valence-electron chi connectivity index (χ3n) is 4.96. The first kappa shape index (κ1) is 22.1. The highest BCUT2D eigenvalue weighted by Gasteiger charge is 2.17. The van der Waals surface area contributed by atoms with Crippen LogP contribution < -0.4 is 16.0 Å². The van der Waals surface area contributed by atoms with Crippen molar-refractivity contribution in [3.8, 4) is 0 Å². The number of hydrogen-bond acceptors (Lipinski definition) is 2. The van der Waals surface area contributed by atoms with E-state index in [9.17, 15) is 4.79 Å². The largest absolute Gasteiger partial charge is 0.357 e. The number of carbonyl (C=O) groups is 1. The number of urea groups is 1. The van der Waals surface area contributed by atoms with Gasteiger partial charge in [-0.15, -0.1) is 0 Å². The number of amides is 2. The molecule has 0 spiro atoms. The molecule has 0 bridgehead atoms. The van der Waals surface area contributed by atoms with Crippen molar-refractivity contribution in [2.45, 2.75) is 71.9 Å². The lowest BCUT2D eigenvalue weighted by atomic mass is 10.1. The second-order valence-electron chi connectivity index (χ2n) is 7.56. The highest BCUT2D eigenvalue weighted by atomic mass is 16.2. The lowest BCUT2D eigenvalue weighted by Gasteiger charge is -2.18. The van der Waals surface area contributed by atoms with Gasteiger partial charge in [0.15, 0.2) is 5.96 Å². The smallest absolute Gasteiger partial charge is 0.321 e. The van der Waals surface area contributed by atoms with Crippen molar-refractivity contribution < 1.29 is 4.79 Å². The molecule has 0 aromatic heterocycles. The molecule has 1 atom stereocenters. The SMILES string of the molecule is CCCCCC(C)NC(=NCc1cccc(NC(=O)N2CCCC2)c1)NCC. The maximum atomic E-state index is 12.3. The number of unbranched alkanes of at least 4 members (excludes halogenated alkanes) is 2. The molecule has 1 saturated heterocycles. The zero-order chi connectivity index (χ0) is 20.2. The third kappa shape index (κ3) is 7.79. The number of hydrogen-bond donors (Lipinski definition) is 3. The third-order valence-corrected chi connectivity index (χ3v) is 4.96. The average molecular weight is 388 g/mol. The van der Waals surface area contributed by atoms with E-state index in [1.54, 1.807) is 0 Å². The van der Waals surface area contributed by atoms with Crippen LogP contribution in [0.3, 0.4) is 0 Å². The first-order valence-corrected chi connectivity index (χ1v) is 10.8. The number of guanidine groups is 1. The molecule has 2 amide bonds. The van der Waals surface area contributed by atoms with Gasteiger partial charge < -0.3 is 20.9 Å². The second kappa shape index (κ2) is 12.3. The number of rotatable bonds is 9. The summed E-state index contributed by atoms with van der Waals surface area (Å²) in [5.41, 5.74) is 1.91. The highest BCUT2D eigenvalue weighted by molar-refractivity contribution is 5.89. The predicted octanol–water partition coefficient (Wildman–Crippen LogP) is 4.34. The van der Waals surface area contributed by atoms with Crippen LogP contribution in [0.4, 0.5) is 10.5 Å². The molecule has 1 aromatic rings. The molecule has 1 aromatic carbocycles. The van der Waals surface area contributed by atoms with Crippen molar-refractivity contribution in [1.29, 1.82) is 0 Å². The van der Waals surface area contributed by atoms with Crippen LogP contribution in [0.2, 0.25) is 0 Å². The molecule has 6 nitrogen and oxygen atoms in total. The van der Waals surface area contributed by atoms with Gasteiger partial charge in [-0.1, -0.05) is 38.3 Å². The van der Waals surface area contributed by atoms with E-state index < -0.39 is 0 Å². The molecule has 1 fully saturated rings. The molecule has 3 N–H and O–H groups in total. The Morgan fingerprint density at radius 2 is 2.00 bits per heavy atom. The van der Waals surface area contributed by atoms with Crippen molar-refractivity contribution >= 4 is 17.7 Å². The number of anilines is 1. The standard InChI is InChI=1S/C22H37N5O/c1-4-6-7-11-18(3)25-21(23-5-2)24-17-19-12-10-13-20(16-19)26-22(28)27-14-8-9-15-27/h10,12-13,16,18H,4-9,11,14-15,17H2,1-3H3,(H,26,28)(H2,23,24,25). The summed E-state index contributed by atoms with van der Waals surface area (Å²) in [5.74, 6) is 0.845. The van der Waals surface area contributed by atoms with E-state index in [1.165, 1.54) is 19.3 Å². The lowest BCUT2D eigenvalue weighted by molar-refractivity contribution is 0.222. The zero-order valence-electron chi connectivity index (χ0n) is 17.8. The molecule has 1 aliphatic heterocycles. The van der Waals surface area contributed by atoms with Gasteiger partial charge >= 0.3 is 6.03 Å². The van der Waals surface area contributed by atoms with E-state index in [1.807, 2.05) is 29.2 Å². The van der Waals surface area contributed by atoms with Gasteiger partial charge in [-0.05, 0) is 50.8 Å². The Morgan fingerprint density at radius 1 is 1.21 bits per heavy atom. The molecule has 1 unspecified atom stereocenters. The molecule has 156 valence electrons. The summed E-state index contributed by atoms with van der Waals surface area (Å²) in [7, 11) is 0. The van der Waals surface area contributed by atoms with Gasteiger partial charge in [-0.25, -0.2) is 9.79 Å². The molecule has 6 heteroatoms. The Morgan fingerprint density at radius 3 is 2.71 bits per heavy atom. The number of nitrogens with zero attached hydrogens (tertiary/aromatic N) is 2. The van der Waals surface area contributed by atoms with Crippen LogP contribution in [0.15, 0.2) is 29.3 Å². The Kier molecular flexibility index (Phi) is 9.66. The average Bonchev–Trinajstić information content (AvgIpc) is 3.22. The van der Waals surface area contributed by atoms with Crippen molar-refractivity contribution in [3.05, 3.63) is 29.8 Å². The first-order valence-electron chi connectivity index (χ1n) is 10.8. The van der Waals surface area contributed by atoms with Crippen molar-refractivity contribution in [3.63, 3.8) is 0 Å². The quantitative estimate of drug-likeness (QED) is 0.335. The summed E-state index contributed by atoms with van der Waals surface area (Å²) in [5, 5.41) is 9.82. The Bertz CT molecular complexity index is 625. The van der Waals surface area contributed by atoms with Crippen molar-refractivity contribution in [2.24, 2.45) is 4.99 Å².